The predicted octanol–water partition coefficient (Wildman–Crippen LogP) is 3.45. The number of hydrogen-bond acceptors (Lipinski definition) is 2. The van der Waals surface area contributed by atoms with Crippen LogP contribution in [0.2, 0.25) is 6.55 Å². The van der Waals surface area contributed by atoms with Crippen molar-refractivity contribution in [2.75, 3.05) is 19.7 Å². The van der Waals surface area contributed by atoms with Gasteiger partial charge in [-0.2, -0.15) is 0 Å². The van der Waals surface area contributed by atoms with Gasteiger partial charge in [0, 0.05) is 26.2 Å². The molecule has 0 spiro atoms. The third kappa shape index (κ3) is 4.06. The summed E-state index contributed by atoms with van der Waals surface area (Å²) in [5, 5.41) is 2.67. The van der Waals surface area contributed by atoms with Crippen LogP contribution in [0.4, 0.5) is 0 Å². The van der Waals surface area contributed by atoms with Crippen molar-refractivity contribution in [3.63, 3.8) is 0 Å². The molecule has 0 radical (unpaired) electrons. The lowest BCUT2D eigenvalue weighted by Gasteiger charge is -2.32. The molecule has 0 bridgehead atoms. The maximum Gasteiger partial charge on any atom is 0.252 e. The Hall–Kier alpha value is -2.20. The van der Waals surface area contributed by atoms with Crippen molar-refractivity contribution in [1.29, 1.82) is 0 Å². The van der Waals surface area contributed by atoms with E-state index in [4.69, 9.17) is 4.43 Å². The highest BCUT2D eigenvalue weighted by Gasteiger charge is 2.34. The largest absolute Gasteiger partial charge is 0.407 e. The van der Waals surface area contributed by atoms with E-state index >= 15 is 0 Å². The second kappa shape index (κ2) is 8.22. The number of rotatable bonds is 6. The number of nitrogens with zero attached hydrogens (tertiary/aromatic N) is 1. The van der Waals surface area contributed by atoms with Crippen molar-refractivity contribution in [1.82, 2.24) is 4.90 Å². The van der Waals surface area contributed by atoms with E-state index in [1.54, 1.807) is 0 Å². The molecule has 0 aliphatic carbocycles. The zero-order chi connectivity index (χ0) is 18.5. The van der Waals surface area contributed by atoms with Gasteiger partial charge in [0.05, 0.1) is 0 Å². The summed E-state index contributed by atoms with van der Waals surface area (Å²) in [6.07, 6.45) is 1.14. The molecule has 0 saturated heterocycles. The third-order valence-electron chi connectivity index (χ3n) is 5.66. The molecular formula is C24H27NOSi. The van der Waals surface area contributed by atoms with Crippen molar-refractivity contribution < 1.29 is 4.43 Å². The van der Waals surface area contributed by atoms with Crippen molar-refractivity contribution in [3.8, 4) is 0 Å². The fourth-order valence-corrected chi connectivity index (χ4v) is 6.79. The molecule has 27 heavy (non-hydrogen) atoms. The van der Waals surface area contributed by atoms with E-state index in [0.29, 0.717) is 0 Å². The summed E-state index contributed by atoms with van der Waals surface area (Å²) in [6, 6.07) is 30.3. The highest BCUT2D eigenvalue weighted by molar-refractivity contribution is 6.96. The first-order valence-electron chi connectivity index (χ1n) is 9.80. The topological polar surface area (TPSA) is 12.5 Å². The first-order valence-corrected chi connectivity index (χ1v) is 12.2. The smallest absolute Gasteiger partial charge is 0.252 e. The van der Waals surface area contributed by atoms with E-state index in [1.165, 1.54) is 21.5 Å². The van der Waals surface area contributed by atoms with Crippen LogP contribution in [0.5, 0.6) is 0 Å². The van der Waals surface area contributed by atoms with Gasteiger partial charge in [0.1, 0.15) is 0 Å². The van der Waals surface area contributed by atoms with Crippen LogP contribution in [-0.2, 0) is 17.4 Å². The highest BCUT2D eigenvalue weighted by atomic mass is 28.4. The Bertz CT molecular complexity index is 826. The first-order chi connectivity index (χ1) is 13.3. The Morgan fingerprint density at radius 1 is 0.778 bits per heavy atom. The second-order valence-corrected chi connectivity index (χ2v) is 10.9. The fourth-order valence-electron chi connectivity index (χ4n) is 3.97. The molecule has 0 fully saturated rings. The molecule has 138 valence electrons. The van der Waals surface area contributed by atoms with Crippen LogP contribution >= 0.6 is 0 Å². The number of hydrogen-bond donors (Lipinski definition) is 0. The lowest BCUT2D eigenvalue weighted by molar-refractivity contribution is 0.195. The van der Waals surface area contributed by atoms with Gasteiger partial charge in [0.2, 0.25) is 0 Å². The minimum absolute atomic E-state index is 0.772. The van der Waals surface area contributed by atoms with E-state index < -0.39 is 8.32 Å². The first kappa shape index (κ1) is 18.2. The molecule has 0 aromatic heterocycles. The quantitative estimate of drug-likeness (QED) is 0.614. The minimum atomic E-state index is -2.18. The van der Waals surface area contributed by atoms with Crippen molar-refractivity contribution >= 4 is 18.7 Å². The zero-order valence-electron chi connectivity index (χ0n) is 16.0. The molecule has 3 aromatic rings. The third-order valence-corrected chi connectivity index (χ3v) is 9.31. The average molecular weight is 374 g/mol. The normalized spacial score (nSPS) is 14.7. The van der Waals surface area contributed by atoms with Crippen LogP contribution in [0.15, 0.2) is 84.9 Å². The summed E-state index contributed by atoms with van der Waals surface area (Å²) in [5.41, 5.74) is 2.97. The predicted molar refractivity (Wildman–Crippen MR) is 115 cm³/mol. The molecule has 0 unspecified atom stereocenters. The molecule has 0 saturated carbocycles. The molecular weight excluding hydrogens is 346 g/mol. The number of fused-ring (bicyclic) bond motifs is 1. The maximum absolute atomic E-state index is 6.69. The summed E-state index contributed by atoms with van der Waals surface area (Å²) < 4.78 is 6.69. The van der Waals surface area contributed by atoms with Crippen LogP contribution < -0.4 is 10.4 Å². The summed E-state index contributed by atoms with van der Waals surface area (Å²) >= 11 is 0. The van der Waals surface area contributed by atoms with Crippen LogP contribution in [0, 0.1) is 0 Å². The van der Waals surface area contributed by atoms with Gasteiger partial charge in [-0.25, -0.2) is 0 Å². The van der Waals surface area contributed by atoms with E-state index in [0.717, 1.165) is 32.7 Å². The van der Waals surface area contributed by atoms with Gasteiger partial charge in [-0.15, -0.1) is 0 Å². The van der Waals surface area contributed by atoms with Crippen LogP contribution in [0.3, 0.4) is 0 Å². The van der Waals surface area contributed by atoms with Crippen LogP contribution in [0.1, 0.15) is 11.1 Å². The second-order valence-electron chi connectivity index (χ2n) is 7.41. The lowest BCUT2D eigenvalue weighted by Crippen LogP contribution is -2.59. The van der Waals surface area contributed by atoms with Gasteiger partial charge >= 0.3 is 0 Å². The molecule has 3 aromatic carbocycles. The van der Waals surface area contributed by atoms with Crippen LogP contribution in [-0.4, -0.2) is 32.9 Å². The fraction of sp³-hybridized carbons (Fsp3) is 0.250. The van der Waals surface area contributed by atoms with Gasteiger partial charge in [-0.3, -0.25) is 4.90 Å². The monoisotopic (exact) mass is 373 g/mol. The maximum atomic E-state index is 6.69. The van der Waals surface area contributed by atoms with E-state index in [1.807, 2.05) is 0 Å². The van der Waals surface area contributed by atoms with Gasteiger partial charge in [-0.05, 0) is 34.5 Å². The minimum Gasteiger partial charge on any atom is -0.407 e. The molecule has 0 amide bonds. The van der Waals surface area contributed by atoms with Gasteiger partial charge < -0.3 is 4.43 Å². The molecule has 1 aliphatic rings. The van der Waals surface area contributed by atoms with Crippen molar-refractivity contribution in [2.45, 2.75) is 19.5 Å². The van der Waals surface area contributed by atoms with Crippen LogP contribution in [0.25, 0.3) is 0 Å². The van der Waals surface area contributed by atoms with E-state index in [2.05, 4.69) is 96.4 Å². The summed E-state index contributed by atoms with van der Waals surface area (Å²) in [4.78, 5) is 2.52. The molecule has 0 N–H and O–H groups in total. The average Bonchev–Trinajstić information content (AvgIpc) is 2.75. The van der Waals surface area contributed by atoms with Crippen molar-refractivity contribution in [2.24, 2.45) is 0 Å². The van der Waals surface area contributed by atoms with E-state index in [9.17, 15) is 0 Å². The zero-order valence-corrected chi connectivity index (χ0v) is 17.0. The molecule has 4 rings (SSSR count). The summed E-state index contributed by atoms with van der Waals surface area (Å²) in [5.74, 6) is 0. The molecule has 2 nitrogen and oxygen atoms in total. The molecule has 1 aliphatic heterocycles. The SMILES string of the molecule is C[Si](OCCN1CCc2ccccc2C1)(c1ccccc1)c1ccccc1. The Kier molecular flexibility index (Phi) is 5.53. The molecule has 1 heterocycles. The summed E-state index contributed by atoms with van der Waals surface area (Å²) in [7, 11) is -2.18. The van der Waals surface area contributed by atoms with Gasteiger partial charge in [-0.1, -0.05) is 84.9 Å². The lowest BCUT2D eigenvalue weighted by atomic mass is 10.0. The molecule has 0 atom stereocenters. The summed E-state index contributed by atoms with van der Waals surface area (Å²) in [6.45, 7) is 6.23. The van der Waals surface area contributed by atoms with E-state index in [-0.39, 0.29) is 0 Å². The Morgan fingerprint density at radius 2 is 1.33 bits per heavy atom. The standard InChI is InChI=1S/C24H27NOSi/c1-27(23-12-4-2-5-13-23,24-14-6-3-7-15-24)26-19-18-25-17-16-21-10-8-9-11-22(21)20-25/h2-15H,16-20H2,1H3. The number of benzene rings is 3. The van der Waals surface area contributed by atoms with Gasteiger partial charge in [0.25, 0.3) is 8.32 Å². The Morgan fingerprint density at radius 3 is 1.96 bits per heavy atom. The van der Waals surface area contributed by atoms with Crippen molar-refractivity contribution in [3.05, 3.63) is 96.1 Å². The Balaban J connectivity index is 1.46. The highest BCUT2D eigenvalue weighted by Crippen LogP contribution is 2.18. The van der Waals surface area contributed by atoms with Gasteiger partial charge in [0.15, 0.2) is 0 Å². The molecule has 3 heteroatoms. The Labute approximate surface area is 163 Å².